The van der Waals surface area contributed by atoms with Crippen LogP contribution in [-0.4, -0.2) is 97.9 Å². The van der Waals surface area contributed by atoms with Crippen molar-refractivity contribution in [3.05, 3.63) is 83.4 Å². The van der Waals surface area contributed by atoms with Crippen molar-refractivity contribution in [2.24, 2.45) is 15.5 Å². The zero-order chi connectivity index (χ0) is 41.1. The second kappa shape index (κ2) is 16.9. The number of benzene rings is 3. The molecule has 0 spiro atoms. The van der Waals surface area contributed by atoms with Crippen LogP contribution in [-0.2, 0) is 48.1 Å². The molecule has 15 nitrogen and oxygen atoms in total. The Hall–Kier alpha value is -4.96. The number of hydrogen-bond donors (Lipinski definition) is 3. The first-order chi connectivity index (χ1) is 26.9. The third-order valence-corrected chi connectivity index (χ3v) is 11.3. The van der Waals surface area contributed by atoms with E-state index in [1.807, 2.05) is 0 Å². The number of nitrogens with two attached hydrogens (primary N) is 1. The number of rotatable bonds is 16. The van der Waals surface area contributed by atoms with Gasteiger partial charge in [-0.3, -0.25) is 9.80 Å². The summed E-state index contributed by atoms with van der Waals surface area (Å²) in [6, 6.07) is 12.3. The van der Waals surface area contributed by atoms with Crippen LogP contribution in [0.3, 0.4) is 0 Å². The Balaban J connectivity index is 1.14. The molecule has 2 aliphatic heterocycles. The molecule has 3 aromatic carbocycles. The number of hydrogen-bond acceptors (Lipinski definition) is 13. The summed E-state index contributed by atoms with van der Waals surface area (Å²) in [6.45, 7) is 2.72. The van der Waals surface area contributed by atoms with Gasteiger partial charge in [-0.05, 0) is 67.4 Å². The molecule has 57 heavy (non-hydrogen) atoms. The van der Waals surface area contributed by atoms with E-state index in [-0.39, 0.29) is 42.5 Å². The highest BCUT2D eigenvalue weighted by molar-refractivity contribution is 7.91. The summed E-state index contributed by atoms with van der Waals surface area (Å²) in [5.41, 5.74) is 0.410. The Labute approximate surface area is 327 Å². The highest BCUT2D eigenvalue weighted by Crippen LogP contribution is 2.31. The molecule has 5 atom stereocenters. The van der Waals surface area contributed by atoms with Gasteiger partial charge in [-0.25, -0.2) is 27.7 Å². The van der Waals surface area contributed by atoms with Crippen LogP contribution in [0.25, 0.3) is 10.2 Å². The number of aromatic nitrogens is 1. The molecule has 0 saturated carbocycles. The molecule has 6 rings (SSSR count). The standard InChI is InChI=1S/C36H38F4N6O9S2/c1-35(2)54-29(16-37)30(55-35)19-53-24-9-5-21(6-10-24)14-28(32(47)42-27(33(48)49)13-20-3-7-22(8-4-20)36(38,39)40)46-17-23(44-45-46)18-52-25-11-12-26-31(15-25)56-34(43-26)57(41,50)51/h3-12,15,23,27-30H,13-14,16-19H2,1-2H3,(H,42,47)(H,48,49)(H2,41,50,51)/t23?,27?,28?,29-,30-/m0/s1. The van der Waals surface area contributed by atoms with Crippen LogP contribution in [0.2, 0.25) is 0 Å². The molecule has 0 radical (unpaired) electrons. The molecule has 4 N–H and O–H groups in total. The highest BCUT2D eigenvalue weighted by atomic mass is 32.2. The first-order valence-electron chi connectivity index (χ1n) is 17.4. The number of carboxylic acids is 1. The summed E-state index contributed by atoms with van der Waals surface area (Å²) in [5.74, 6) is -2.26. The molecular weight excluding hydrogens is 801 g/mol. The number of aliphatic carboxylic acids is 1. The van der Waals surface area contributed by atoms with Crippen molar-refractivity contribution in [2.75, 3.05) is 26.4 Å². The van der Waals surface area contributed by atoms with Gasteiger partial charge in [0.05, 0.1) is 22.3 Å². The van der Waals surface area contributed by atoms with Gasteiger partial charge >= 0.3 is 12.1 Å². The second-order valence-corrected chi connectivity index (χ2v) is 16.6. The number of nitrogens with one attached hydrogen (secondary N) is 1. The molecule has 1 saturated heterocycles. The lowest BCUT2D eigenvalue weighted by molar-refractivity contribution is -0.149. The third-order valence-electron chi connectivity index (χ3n) is 8.96. The third kappa shape index (κ3) is 10.7. The molecule has 2 aliphatic rings. The molecular formula is C36H38F4N6O9S2. The van der Waals surface area contributed by atoms with Gasteiger partial charge < -0.3 is 29.4 Å². The van der Waals surface area contributed by atoms with Gasteiger partial charge in [0.1, 0.15) is 61.7 Å². The van der Waals surface area contributed by atoms with Crippen molar-refractivity contribution >= 4 is 43.5 Å². The summed E-state index contributed by atoms with van der Waals surface area (Å²) in [5, 5.41) is 27.6. The number of carbonyl (C=O) groups is 2. The summed E-state index contributed by atoms with van der Waals surface area (Å²) >= 11 is 0.886. The van der Waals surface area contributed by atoms with Gasteiger partial charge in [0, 0.05) is 12.8 Å². The number of thiazole rings is 1. The average molecular weight is 839 g/mol. The van der Waals surface area contributed by atoms with Crippen LogP contribution in [0.1, 0.15) is 30.5 Å². The fourth-order valence-electron chi connectivity index (χ4n) is 6.16. The lowest BCUT2D eigenvalue weighted by Crippen LogP contribution is -2.52. The van der Waals surface area contributed by atoms with Gasteiger partial charge in [0.15, 0.2) is 5.79 Å². The molecule has 1 amide bonds. The molecule has 0 bridgehead atoms. The molecule has 1 aromatic heterocycles. The number of amides is 1. The Kier molecular flexibility index (Phi) is 12.3. The Bertz CT molecular complexity index is 2210. The monoisotopic (exact) mass is 838 g/mol. The Morgan fingerprint density at radius 1 is 1.00 bits per heavy atom. The van der Waals surface area contributed by atoms with Crippen LogP contribution in [0, 0.1) is 0 Å². The highest BCUT2D eigenvalue weighted by Gasteiger charge is 2.42. The fraction of sp³-hybridized carbons (Fsp3) is 0.417. The molecule has 21 heteroatoms. The first-order valence-corrected chi connectivity index (χ1v) is 19.8. The van der Waals surface area contributed by atoms with E-state index in [4.69, 9.17) is 24.1 Å². The molecule has 3 heterocycles. The largest absolute Gasteiger partial charge is 0.491 e. The maximum atomic E-state index is 13.9. The van der Waals surface area contributed by atoms with Crippen molar-refractivity contribution in [3.63, 3.8) is 0 Å². The van der Waals surface area contributed by atoms with E-state index >= 15 is 0 Å². The van der Waals surface area contributed by atoms with E-state index in [0.29, 0.717) is 27.3 Å². The number of carbonyl (C=O) groups excluding carboxylic acids is 1. The maximum absolute atomic E-state index is 13.9. The Morgan fingerprint density at radius 2 is 1.63 bits per heavy atom. The van der Waals surface area contributed by atoms with Gasteiger partial charge in [-0.1, -0.05) is 29.5 Å². The van der Waals surface area contributed by atoms with Gasteiger partial charge in [0.2, 0.25) is 10.2 Å². The van der Waals surface area contributed by atoms with Crippen molar-refractivity contribution in [3.8, 4) is 11.5 Å². The number of primary sulfonamides is 1. The summed E-state index contributed by atoms with van der Waals surface area (Å²) in [7, 11) is -3.99. The van der Waals surface area contributed by atoms with E-state index < -0.39 is 76.4 Å². The number of carboxylic acid groups (broad SMARTS) is 1. The van der Waals surface area contributed by atoms with E-state index in [9.17, 15) is 40.7 Å². The van der Waals surface area contributed by atoms with Gasteiger partial charge in [-0.15, -0.1) is 11.3 Å². The minimum Gasteiger partial charge on any atom is -0.491 e. The van der Waals surface area contributed by atoms with Crippen molar-refractivity contribution in [1.82, 2.24) is 15.3 Å². The lowest BCUT2D eigenvalue weighted by Gasteiger charge is -2.27. The molecule has 1 fully saturated rings. The smallest absolute Gasteiger partial charge is 0.416 e. The SMILES string of the molecule is CC1(C)O[C@@H](CF)[C@H](COc2ccc(CC(C(=O)NC(Cc3ccc(C(F)(F)F)cc3)C(=O)O)N3CC(COc4ccc5nc(S(N)(=O)=O)sc5c4)N=N3)cc2)O1. The number of alkyl halides is 4. The normalized spacial score (nSPS) is 20.4. The fourth-order valence-corrected chi connectivity index (χ4v) is 7.85. The topological polar surface area (TPSA) is 204 Å². The average Bonchev–Trinajstić information content (AvgIpc) is 3.88. The van der Waals surface area contributed by atoms with Gasteiger partial charge in [0.25, 0.3) is 10.0 Å². The molecule has 3 unspecified atom stereocenters. The number of sulfonamides is 1. The Morgan fingerprint density at radius 3 is 2.28 bits per heavy atom. The molecule has 4 aromatic rings. The quantitative estimate of drug-likeness (QED) is 0.132. The van der Waals surface area contributed by atoms with Crippen LogP contribution >= 0.6 is 11.3 Å². The first kappa shape index (κ1) is 41.7. The predicted octanol–water partition coefficient (Wildman–Crippen LogP) is 4.68. The molecule has 0 aliphatic carbocycles. The van der Waals surface area contributed by atoms with Crippen molar-refractivity contribution in [1.29, 1.82) is 0 Å². The van der Waals surface area contributed by atoms with E-state index in [2.05, 4.69) is 20.6 Å². The van der Waals surface area contributed by atoms with Crippen molar-refractivity contribution in [2.45, 2.75) is 73.3 Å². The maximum Gasteiger partial charge on any atom is 0.416 e. The van der Waals surface area contributed by atoms with E-state index in [1.54, 1.807) is 56.3 Å². The minimum atomic E-state index is -4.58. The summed E-state index contributed by atoms with van der Waals surface area (Å²) in [6.07, 6.45) is -6.28. The van der Waals surface area contributed by atoms with Crippen LogP contribution < -0.4 is 19.9 Å². The number of fused-ring (bicyclic) bond motifs is 1. The summed E-state index contributed by atoms with van der Waals surface area (Å²) in [4.78, 5) is 30.2. The van der Waals surface area contributed by atoms with Crippen LogP contribution in [0.15, 0.2) is 81.4 Å². The lowest BCUT2D eigenvalue weighted by atomic mass is 10.0. The number of ether oxygens (including phenoxy) is 4. The zero-order valence-corrected chi connectivity index (χ0v) is 32.0. The van der Waals surface area contributed by atoms with Crippen LogP contribution in [0.4, 0.5) is 17.6 Å². The van der Waals surface area contributed by atoms with Crippen molar-refractivity contribution < 1.29 is 59.6 Å². The summed E-state index contributed by atoms with van der Waals surface area (Å²) < 4.78 is 99.5. The van der Waals surface area contributed by atoms with E-state index in [0.717, 1.165) is 35.6 Å². The number of halogens is 4. The minimum absolute atomic E-state index is 0.00853. The predicted molar refractivity (Wildman–Crippen MR) is 196 cm³/mol. The van der Waals surface area contributed by atoms with E-state index in [1.165, 1.54) is 5.01 Å². The van der Waals surface area contributed by atoms with Crippen LogP contribution in [0.5, 0.6) is 11.5 Å². The van der Waals surface area contributed by atoms with Gasteiger partial charge in [-0.2, -0.15) is 18.3 Å². The number of nitrogens with zero attached hydrogens (tertiary/aromatic N) is 4. The zero-order valence-electron chi connectivity index (χ0n) is 30.4. The molecule has 306 valence electrons. The second-order valence-electron chi connectivity index (χ2n) is 13.8.